The van der Waals surface area contributed by atoms with Crippen molar-refractivity contribution in [2.24, 2.45) is 0 Å². The summed E-state index contributed by atoms with van der Waals surface area (Å²) in [6.45, 7) is 3.90. The van der Waals surface area contributed by atoms with Crippen LogP contribution in [0.15, 0.2) is 24.3 Å². The average Bonchev–Trinajstić information content (AvgIpc) is 2.80. The molecule has 0 bridgehead atoms. The summed E-state index contributed by atoms with van der Waals surface area (Å²) in [5.74, 6) is 3.23. The van der Waals surface area contributed by atoms with Gasteiger partial charge in [-0.05, 0) is 44.0 Å². The topological polar surface area (TPSA) is 57.2 Å². The molecule has 1 aliphatic heterocycles. The summed E-state index contributed by atoms with van der Waals surface area (Å²) in [7, 11) is 1.59. The van der Waals surface area contributed by atoms with E-state index in [0.29, 0.717) is 12.4 Å². The summed E-state index contributed by atoms with van der Waals surface area (Å²) in [5.41, 5.74) is 0. The van der Waals surface area contributed by atoms with Crippen molar-refractivity contribution in [2.75, 3.05) is 13.7 Å². The Bertz CT molecular complexity index is 497. The highest BCUT2D eigenvalue weighted by Crippen LogP contribution is 2.24. The molecule has 108 valence electrons. The highest BCUT2D eigenvalue weighted by molar-refractivity contribution is 5.32. The van der Waals surface area contributed by atoms with Gasteiger partial charge in [0.25, 0.3) is 0 Å². The van der Waals surface area contributed by atoms with Crippen LogP contribution in [0, 0.1) is 12.0 Å². The molecule has 0 spiro atoms. The van der Waals surface area contributed by atoms with E-state index in [4.69, 9.17) is 18.9 Å². The van der Waals surface area contributed by atoms with Crippen LogP contribution in [-0.4, -0.2) is 36.8 Å². The lowest BCUT2D eigenvalue weighted by Crippen LogP contribution is -2.29. The van der Waals surface area contributed by atoms with Crippen molar-refractivity contribution in [2.45, 2.75) is 31.8 Å². The quantitative estimate of drug-likeness (QED) is 0.850. The number of methoxy groups -OCH3 is 1. The van der Waals surface area contributed by atoms with Crippen LogP contribution in [0.5, 0.6) is 11.5 Å². The first-order valence-electron chi connectivity index (χ1n) is 6.31. The molecule has 0 aliphatic carbocycles. The van der Waals surface area contributed by atoms with Crippen LogP contribution >= 0.6 is 0 Å². The van der Waals surface area contributed by atoms with Gasteiger partial charge in [-0.1, -0.05) is 0 Å². The Morgan fingerprint density at radius 3 is 2.50 bits per heavy atom. The minimum atomic E-state index is -0.949. The monoisotopic (exact) mass is 278 g/mol. The van der Waals surface area contributed by atoms with Crippen molar-refractivity contribution in [1.29, 1.82) is 0 Å². The number of aliphatic hydroxyl groups is 1. The van der Waals surface area contributed by atoms with Gasteiger partial charge in [-0.15, -0.1) is 0 Å². The smallest absolute Gasteiger partial charge is 0.163 e. The molecule has 0 aromatic heterocycles. The van der Waals surface area contributed by atoms with Crippen molar-refractivity contribution in [1.82, 2.24) is 0 Å². The molecule has 1 heterocycles. The summed E-state index contributed by atoms with van der Waals surface area (Å²) in [6, 6.07) is 7.00. The van der Waals surface area contributed by atoms with Crippen LogP contribution in [-0.2, 0) is 9.47 Å². The molecule has 1 aliphatic rings. The second kappa shape index (κ2) is 6.14. The van der Waals surface area contributed by atoms with Gasteiger partial charge < -0.3 is 24.1 Å². The molecule has 0 radical (unpaired) electrons. The molecule has 1 saturated heterocycles. The number of rotatable bonds is 3. The van der Waals surface area contributed by atoms with Gasteiger partial charge in [0, 0.05) is 0 Å². The Balaban J connectivity index is 1.87. The highest BCUT2D eigenvalue weighted by Gasteiger charge is 2.36. The molecule has 2 rings (SSSR count). The molecular formula is C15H18O5. The van der Waals surface area contributed by atoms with Crippen LogP contribution < -0.4 is 9.47 Å². The van der Waals surface area contributed by atoms with Crippen molar-refractivity contribution >= 4 is 0 Å². The standard InChI is InChI=1S/C15H18O5/c1-15(2)19-10-14(20-15)13(16)8-9-18-12-6-4-11(17-3)5-7-12/h4-7,13-14,16H,10H2,1-3H3/t13?,14-/m1/s1. The first kappa shape index (κ1) is 14.7. The van der Waals surface area contributed by atoms with E-state index < -0.39 is 18.0 Å². The van der Waals surface area contributed by atoms with Gasteiger partial charge in [0.15, 0.2) is 5.79 Å². The minimum Gasteiger partial charge on any atom is -0.497 e. The molecule has 1 N–H and O–H groups in total. The van der Waals surface area contributed by atoms with E-state index in [1.807, 2.05) is 0 Å². The fourth-order valence-corrected chi connectivity index (χ4v) is 1.76. The summed E-state index contributed by atoms with van der Waals surface area (Å²) >= 11 is 0. The third-order valence-corrected chi connectivity index (χ3v) is 2.82. The predicted octanol–water partition coefficient (Wildman–Crippen LogP) is 1.55. The molecule has 2 atom stereocenters. The van der Waals surface area contributed by atoms with E-state index in [1.54, 1.807) is 45.2 Å². The fourth-order valence-electron chi connectivity index (χ4n) is 1.76. The minimum absolute atomic E-state index is 0.311. The molecule has 0 amide bonds. The molecule has 5 heteroatoms. The summed E-state index contributed by atoms with van der Waals surface area (Å²) < 4.78 is 21.1. The van der Waals surface area contributed by atoms with Gasteiger partial charge in [0.05, 0.1) is 13.7 Å². The van der Waals surface area contributed by atoms with Crippen LogP contribution in [0.2, 0.25) is 0 Å². The fraction of sp³-hybridized carbons (Fsp3) is 0.467. The van der Waals surface area contributed by atoms with Gasteiger partial charge in [-0.2, -0.15) is 0 Å². The van der Waals surface area contributed by atoms with E-state index in [2.05, 4.69) is 12.0 Å². The van der Waals surface area contributed by atoms with Gasteiger partial charge >= 0.3 is 0 Å². The Labute approximate surface area is 118 Å². The van der Waals surface area contributed by atoms with Crippen molar-refractivity contribution in [3.63, 3.8) is 0 Å². The molecule has 1 unspecified atom stereocenters. The Hall–Kier alpha value is -1.74. The second-order valence-corrected chi connectivity index (χ2v) is 4.84. The Morgan fingerprint density at radius 2 is 1.95 bits per heavy atom. The lowest BCUT2D eigenvalue weighted by Gasteiger charge is -2.17. The number of hydrogen-bond acceptors (Lipinski definition) is 5. The Morgan fingerprint density at radius 1 is 1.30 bits per heavy atom. The third kappa shape index (κ3) is 3.87. The van der Waals surface area contributed by atoms with Crippen LogP contribution in [0.3, 0.4) is 0 Å². The lowest BCUT2D eigenvalue weighted by molar-refractivity contribution is -0.146. The molecular weight excluding hydrogens is 260 g/mol. The van der Waals surface area contributed by atoms with E-state index in [9.17, 15) is 5.11 Å². The predicted molar refractivity (Wildman–Crippen MR) is 72.3 cm³/mol. The molecule has 1 fully saturated rings. The van der Waals surface area contributed by atoms with Crippen molar-refractivity contribution < 1.29 is 24.1 Å². The maximum absolute atomic E-state index is 9.86. The van der Waals surface area contributed by atoms with Crippen LogP contribution in [0.1, 0.15) is 13.8 Å². The average molecular weight is 278 g/mol. The maximum atomic E-state index is 9.86. The summed E-state index contributed by atoms with van der Waals surface area (Å²) in [4.78, 5) is 0. The van der Waals surface area contributed by atoms with Gasteiger partial charge in [-0.3, -0.25) is 0 Å². The zero-order chi connectivity index (χ0) is 14.6. The lowest BCUT2D eigenvalue weighted by atomic mass is 10.2. The van der Waals surface area contributed by atoms with Crippen molar-refractivity contribution in [3.8, 4) is 23.5 Å². The van der Waals surface area contributed by atoms with Gasteiger partial charge in [0.1, 0.15) is 29.8 Å². The van der Waals surface area contributed by atoms with Crippen LogP contribution in [0.4, 0.5) is 0 Å². The third-order valence-electron chi connectivity index (χ3n) is 2.82. The first-order chi connectivity index (χ1) is 9.50. The summed E-state index contributed by atoms with van der Waals surface area (Å²) in [5, 5.41) is 9.86. The molecule has 0 saturated carbocycles. The second-order valence-electron chi connectivity index (χ2n) is 4.84. The van der Waals surface area contributed by atoms with E-state index in [1.165, 1.54) is 0 Å². The summed E-state index contributed by atoms with van der Waals surface area (Å²) in [6.07, 6.45) is 1.06. The molecule has 1 aromatic carbocycles. The van der Waals surface area contributed by atoms with E-state index in [-0.39, 0.29) is 0 Å². The highest BCUT2D eigenvalue weighted by atomic mass is 16.7. The maximum Gasteiger partial charge on any atom is 0.163 e. The van der Waals surface area contributed by atoms with Crippen molar-refractivity contribution in [3.05, 3.63) is 24.3 Å². The molecule has 1 aromatic rings. The largest absolute Gasteiger partial charge is 0.497 e. The Kier molecular flexibility index (Phi) is 4.50. The van der Waals surface area contributed by atoms with Gasteiger partial charge in [0.2, 0.25) is 0 Å². The normalized spacial score (nSPS) is 21.7. The number of ether oxygens (including phenoxy) is 4. The van der Waals surface area contributed by atoms with E-state index >= 15 is 0 Å². The van der Waals surface area contributed by atoms with E-state index in [0.717, 1.165) is 5.75 Å². The molecule has 20 heavy (non-hydrogen) atoms. The number of hydrogen-bond donors (Lipinski definition) is 1. The zero-order valence-electron chi connectivity index (χ0n) is 11.8. The number of benzene rings is 1. The first-order valence-corrected chi connectivity index (χ1v) is 6.31. The number of aliphatic hydroxyl groups excluding tert-OH is 1. The van der Waals surface area contributed by atoms with Gasteiger partial charge in [-0.25, -0.2) is 0 Å². The SMILES string of the molecule is COc1ccc(OC#CC(O)[C@H]2COC(C)(C)O2)cc1. The molecule has 5 nitrogen and oxygen atoms in total. The van der Waals surface area contributed by atoms with Crippen LogP contribution in [0.25, 0.3) is 0 Å². The zero-order valence-corrected chi connectivity index (χ0v) is 11.8.